The minimum atomic E-state index is -0.0940. The Hall–Kier alpha value is -0.370. The molecule has 0 radical (unpaired) electrons. The molecule has 2 aliphatic carbocycles. The second kappa shape index (κ2) is 4.63. The fraction of sp³-hybridized carbons (Fsp3) is 0.625. The second-order valence-electron chi connectivity index (χ2n) is 6.32. The van der Waals surface area contributed by atoms with E-state index < -0.39 is 0 Å². The summed E-state index contributed by atoms with van der Waals surface area (Å²) in [5, 5.41) is 1.07. The van der Waals surface area contributed by atoms with Gasteiger partial charge in [0.1, 0.15) is 5.82 Å². The van der Waals surface area contributed by atoms with Crippen molar-refractivity contribution in [2.75, 3.05) is 5.33 Å². The summed E-state index contributed by atoms with van der Waals surface area (Å²) in [6, 6.07) is 5.23. The molecule has 0 N–H and O–H groups in total. The third-order valence-corrected chi connectivity index (χ3v) is 6.34. The topological polar surface area (TPSA) is 0 Å². The first-order valence-electron chi connectivity index (χ1n) is 6.94. The van der Waals surface area contributed by atoms with Crippen molar-refractivity contribution >= 4 is 15.9 Å². The summed E-state index contributed by atoms with van der Waals surface area (Å²) in [6.07, 6.45) is 6.58. The lowest BCUT2D eigenvalue weighted by Crippen LogP contribution is -2.32. The minimum Gasteiger partial charge on any atom is -0.207 e. The van der Waals surface area contributed by atoms with Crippen molar-refractivity contribution in [2.45, 2.75) is 39.0 Å². The SMILES string of the molecule is Cc1ccc(F)cc1CC1(CBr)CC2CCC1C2. The molecule has 0 nitrogen and oxygen atoms in total. The highest BCUT2D eigenvalue weighted by Gasteiger charge is 2.50. The smallest absolute Gasteiger partial charge is 0.123 e. The van der Waals surface area contributed by atoms with Crippen molar-refractivity contribution in [1.29, 1.82) is 0 Å². The average molecular weight is 311 g/mol. The number of benzene rings is 1. The molecule has 0 aliphatic heterocycles. The first-order valence-corrected chi connectivity index (χ1v) is 8.06. The normalized spacial score (nSPS) is 34.2. The molecule has 18 heavy (non-hydrogen) atoms. The van der Waals surface area contributed by atoms with Gasteiger partial charge in [-0.2, -0.15) is 0 Å². The van der Waals surface area contributed by atoms with E-state index in [2.05, 4.69) is 22.9 Å². The Morgan fingerprint density at radius 3 is 2.83 bits per heavy atom. The standard InChI is InChI=1S/C16H20BrF/c1-11-2-5-15(18)7-13(11)9-16(10-17)8-12-3-4-14(16)6-12/h2,5,7,12,14H,3-4,6,8-10H2,1H3. The molecule has 1 aromatic carbocycles. The molecule has 0 amide bonds. The van der Waals surface area contributed by atoms with Gasteiger partial charge in [0.05, 0.1) is 0 Å². The molecule has 3 atom stereocenters. The van der Waals surface area contributed by atoms with Gasteiger partial charge in [0, 0.05) is 5.33 Å². The Bertz CT molecular complexity index is 456. The Balaban J connectivity index is 1.88. The van der Waals surface area contributed by atoms with Crippen LogP contribution >= 0.6 is 15.9 Å². The molecule has 2 saturated carbocycles. The van der Waals surface area contributed by atoms with Crippen LogP contribution in [0.5, 0.6) is 0 Å². The van der Waals surface area contributed by atoms with E-state index >= 15 is 0 Å². The molecule has 0 aromatic heterocycles. The van der Waals surface area contributed by atoms with E-state index in [1.807, 2.05) is 6.07 Å². The molecular formula is C16H20BrF. The molecule has 0 saturated heterocycles. The largest absolute Gasteiger partial charge is 0.207 e. The maximum atomic E-state index is 13.4. The molecule has 98 valence electrons. The lowest BCUT2D eigenvalue weighted by atomic mass is 9.70. The molecule has 1 aromatic rings. The molecule has 0 spiro atoms. The van der Waals surface area contributed by atoms with Crippen molar-refractivity contribution in [3.05, 3.63) is 35.1 Å². The van der Waals surface area contributed by atoms with Gasteiger partial charge < -0.3 is 0 Å². The first kappa shape index (κ1) is 12.7. The van der Waals surface area contributed by atoms with E-state index in [1.165, 1.54) is 36.8 Å². The Labute approximate surface area is 117 Å². The predicted octanol–water partition coefficient (Wildman–Crippen LogP) is 4.88. The first-order chi connectivity index (χ1) is 8.63. The predicted molar refractivity (Wildman–Crippen MR) is 76.5 cm³/mol. The number of aryl methyl sites for hydroxylation is 1. The van der Waals surface area contributed by atoms with E-state index in [0.29, 0.717) is 5.41 Å². The molecule has 2 heteroatoms. The van der Waals surface area contributed by atoms with Crippen LogP contribution < -0.4 is 0 Å². The van der Waals surface area contributed by atoms with Crippen LogP contribution in [0.2, 0.25) is 0 Å². The summed E-state index contributed by atoms with van der Waals surface area (Å²) in [5.74, 6) is 1.69. The van der Waals surface area contributed by atoms with Crippen molar-refractivity contribution in [2.24, 2.45) is 17.3 Å². The molecule has 2 bridgehead atoms. The molecule has 2 fully saturated rings. The van der Waals surface area contributed by atoms with Crippen LogP contribution in [0.15, 0.2) is 18.2 Å². The summed E-state index contributed by atoms with van der Waals surface area (Å²) in [7, 11) is 0. The van der Waals surface area contributed by atoms with E-state index in [0.717, 1.165) is 23.6 Å². The van der Waals surface area contributed by atoms with Gasteiger partial charge in [-0.15, -0.1) is 0 Å². The van der Waals surface area contributed by atoms with Gasteiger partial charge in [-0.05, 0) is 73.1 Å². The highest BCUT2D eigenvalue weighted by atomic mass is 79.9. The zero-order chi connectivity index (χ0) is 12.8. The average Bonchev–Trinajstić information content (AvgIpc) is 2.94. The highest BCUT2D eigenvalue weighted by molar-refractivity contribution is 9.09. The Kier molecular flexibility index (Phi) is 3.25. The molecular weight excluding hydrogens is 291 g/mol. The summed E-state index contributed by atoms with van der Waals surface area (Å²) in [4.78, 5) is 0. The van der Waals surface area contributed by atoms with E-state index in [9.17, 15) is 4.39 Å². The fourth-order valence-electron chi connectivity index (χ4n) is 4.20. The Morgan fingerprint density at radius 1 is 1.39 bits per heavy atom. The van der Waals surface area contributed by atoms with Gasteiger partial charge in [0.15, 0.2) is 0 Å². The second-order valence-corrected chi connectivity index (χ2v) is 6.88. The number of hydrogen-bond acceptors (Lipinski definition) is 0. The van der Waals surface area contributed by atoms with Crippen LogP contribution in [-0.4, -0.2) is 5.33 Å². The van der Waals surface area contributed by atoms with Gasteiger partial charge in [-0.25, -0.2) is 4.39 Å². The fourth-order valence-corrected chi connectivity index (χ4v) is 5.08. The summed E-state index contributed by atoms with van der Waals surface area (Å²) >= 11 is 3.74. The number of hydrogen-bond donors (Lipinski definition) is 0. The van der Waals surface area contributed by atoms with Gasteiger partial charge in [-0.1, -0.05) is 28.4 Å². The zero-order valence-electron chi connectivity index (χ0n) is 10.9. The molecule has 2 aliphatic rings. The number of fused-ring (bicyclic) bond motifs is 2. The summed E-state index contributed by atoms with van der Waals surface area (Å²) < 4.78 is 13.4. The summed E-state index contributed by atoms with van der Waals surface area (Å²) in [5.41, 5.74) is 2.84. The lowest BCUT2D eigenvalue weighted by molar-refractivity contribution is 0.196. The van der Waals surface area contributed by atoms with Crippen LogP contribution in [-0.2, 0) is 6.42 Å². The highest BCUT2D eigenvalue weighted by Crippen LogP contribution is 2.58. The van der Waals surface area contributed by atoms with Crippen LogP contribution in [0, 0.1) is 30.0 Å². The van der Waals surface area contributed by atoms with Crippen LogP contribution in [0.25, 0.3) is 0 Å². The Morgan fingerprint density at radius 2 is 2.22 bits per heavy atom. The third kappa shape index (κ3) is 2.03. The number of halogens is 2. The zero-order valence-corrected chi connectivity index (χ0v) is 12.5. The van der Waals surface area contributed by atoms with Crippen LogP contribution in [0.4, 0.5) is 4.39 Å². The molecule has 3 rings (SSSR count). The van der Waals surface area contributed by atoms with E-state index in [1.54, 1.807) is 12.1 Å². The van der Waals surface area contributed by atoms with Crippen molar-refractivity contribution in [3.63, 3.8) is 0 Å². The van der Waals surface area contributed by atoms with Gasteiger partial charge in [-0.3, -0.25) is 0 Å². The minimum absolute atomic E-state index is 0.0940. The van der Waals surface area contributed by atoms with Gasteiger partial charge >= 0.3 is 0 Å². The maximum absolute atomic E-state index is 13.4. The quantitative estimate of drug-likeness (QED) is 0.698. The number of alkyl halides is 1. The third-order valence-electron chi connectivity index (χ3n) is 5.22. The van der Waals surface area contributed by atoms with Crippen molar-refractivity contribution in [3.8, 4) is 0 Å². The van der Waals surface area contributed by atoms with Crippen LogP contribution in [0.1, 0.15) is 36.8 Å². The monoisotopic (exact) mass is 310 g/mol. The molecule has 0 heterocycles. The number of rotatable bonds is 3. The lowest BCUT2D eigenvalue weighted by Gasteiger charge is -2.37. The van der Waals surface area contributed by atoms with Crippen molar-refractivity contribution in [1.82, 2.24) is 0 Å². The molecule has 3 unspecified atom stereocenters. The van der Waals surface area contributed by atoms with Crippen molar-refractivity contribution < 1.29 is 4.39 Å². The van der Waals surface area contributed by atoms with Gasteiger partial charge in [0.25, 0.3) is 0 Å². The van der Waals surface area contributed by atoms with E-state index in [4.69, 9.17) is 0 Å². The van der Waals surface area contributed by atoms with E-state index in [-0.39, 0.29) is 5.82 Å². The van der Waals surface area contributed by atoms with Crippen LogP contribution in [0.3, 0.4) is 0 Å². The maximum Gasteiger partial charge on any atom is 0.123 e. The van der Waals surface area contributed by atoms with Gasteiger partial charge in [0.2, 0.25) is 0 Å². The summed E-state index contributed by atoms with van der Waals surface area (Å²) in [6.45, 7) is 2.10.